The van der Waals surface area contributed by atoms with E-state index in [1.54, 1.807) is 43.7 Å². The van der Waals surface area contributed by atoms with Crippen molar-refractivity contribution in [2.75, 3.05) is 0 Å². The number of aromatic nitrogens is 1. The molecule has 9 heteroatoms. The first-order valence-corrected chi connectivity index (χ1v) is 9.18. The molecule has 0 saturated carbocycles. The smallest absolute Gasteiger partial charge is 0.335 e. The van der Waals surface area contributed by atoms with Gasteiger partial charge >= 0.3 is 11.9 Å². The fourth-order valence-corrected chi connectivity index (χ4v) is 3.32. The van der Waals surface area contributed by atoms with Crippen LogP contribution in [0.5, 0.6) is 0 Å². The number of nitro groups is 1. The highest BCUT2D eigenvalue weighted by atomic mass is 16.6. The molecule has 2 aromatic carbocycles. The van der Waals surface area contributed by atoms with E-state index in [-0.39, 0.29) is 16.8 Å². The number of carbonyl (C=O) groups is 2. The topological polar surface area (TPSA) is 135 Å². The lowest BCUT2D eigenvalue weighted by Crippen LogP contribution is -2.07. The highest BCUT2D eigenvalue weighted by Gasteiger charge is 2.16. The fourth-order valence-electron chi connectivity index (χ4n) is 3.32. The quantitative estimate of drug-likeness (QED) is 0.343. The molecule has 2 N–H and O–H groups in total. The molecule has 0 spiro atoms. The second kappa shape index (κ2) is 8.23. The number of hydrogen-bond donors (Lipinski definition) is 2. The Labute approximate surface area is 177 Å². The zero-order valence-electron chi connectivity index (χ0n) is 17.0. The summed E-state index contributed by atoms with van der Waals surface area (Å²) in [4.78, 5) is 37.8. The monoisotopic (exact) mass is 421 g/mol. The average molecular weight is 421 g/mol. The number of benzene rings is 2. The summed E-state index contributed by atoms with van der Waals surface area (Å²) in [6.07, 6.45) is 1.56. The van der Waals surface area contributed by atoms with Crippen LogP contribution in [0.4, 0.5) is 11.4 Å². The molecule has 0 aliphatic rings. The van der Waals surface area contributed by atoms with Crippen molar-refractivity contribution in [3.05, 3.63) is 86.2 Å². The van der Waals surface area contributed by atoms with Crippen LogP contribution in [0, 0.1) is 30.9 Å². The van der Waals surface area contributed by atoms with Crippen molar-refractivity contribution < 1.29 is 24.7 Å². The standard InChI is InChI=1S/C22H19N3O6/c1-12-4-5-18(10-20(12)25(30)31)23-11-17-6-13(2)24(14(17)3)19-8-15(21(26)27)7-16(9-19)22(28)29/h4-11H,1-3H3,(H,26,27)(H,28,29). The van der Waals surface area contributed by atoms with Crippen LogP contribution >= 0.6 is 0 Å². The minimum absolute atomic E-state index is 0.0215. The summed E-state index contributed by atoms with van der Waals surface area (Å²) in [5.74, 6) is -2.45. The highest BCUT2D eigenvalue weighted by Crippen LogP contribution is 2.26. The maximum atomic E-state index is 11.4. The van der Waals surface area contributed by atoms with Crippen molar-refractivity contribution in [3.8, 4) is 5.69 Å². The second-order valence-corrected chi connectivity index (χ2v) is 7.03. The Morgan fingerprint density at radius 1 is 1.00 bits per heavy atom. The van der Waals surface area contributed by atoms with Crippen LogP contribution in [0.3, 0.4) is 0 Å². The average Bonchev–Trinajstić information content (AvgIpc) is 2.99. The molecule has 0 atom stereocenters. The van der Waals surface area contributed by atoms with Crippen molar-refractivity contribution >= 4 is 29.5 Å². The molecule has 3 rings (SSSR count). The molecule has 9 nitrogen and oxygen atoms in total. The third-order valence-corrected chi connectivity index (χ3v) is 4.88. The normalized spacial score (nSPS) is 11.1. The molecular weight excluding hydrogens is 402 g/mol. The van der Waals surface area contributed by atoms with Gasteiger partial charge in [0.1, 0.15) is 0 Å². The number of carboxylic acid groups (broad SMARTS) is 2. The maximum absolute atomic E-state index is 11.4. The molecular formula is C22H19N3O6. The molecule has 1 aromatic heterocycles. The second-order valence-electron chi connectivity index (χ2n) is 7.03. The third-order valence-electron chi connectivity index (χ3n) is 4.88. The van der Waals surface area contributed by atoms with Gasteiger partial charge in [0.25, 0.3) is 5.69 Å². The number of hydrogen-bond acceptors (Lipinski definition) is 5. The summed E-state index contributed by atoms with van der Waals surface area (Å²) < 4.78 is 1.73. The third kappa shape index (κ3) is 4.35. The zero-order valence-corrected chi connectivity index (χ0v) is 17.0. The molecule has 0 radical (unpaired) electrons. The van der Waals surface area contributed by atoms with Gasteiger partial charge < -0.3 is 14.8 Å². The predicted molar refractivity (Wildman–Crippen MR) is 114 cm³/mol. The van der Waals surface area contributed by atoms with E-state index in [4.69, 9.17) is 0 Å². The van der Waals surface area contributed by atoms with E-state index in [2.05, 4.69) is 4.99 Å². The van der Waals surface area contributed by atoms with Crippen molar-refractivity contribution in [2.24, 2.45) is 4.99 Å². The number of aliphatic imine (C=N–C) groups is 1. The van der Waals surface area contributed by atoms with Gasteiger partial charge in [-0.15, -0.1) is 0 Å². The lowest BCUT2D eigenvalue weighted by atomic mass is 10.1. The van der Waals surface area contributed by atoms with Crippen LogP contribution in [0.2, 0.25) is 0 Å². The Kier molecular flexibility index (Phi) is 5.69. The van der Waals surface area contributed by atoms with Crippen molar-refractivity contribution in [1.29, 1.82) is 0 Å². The van der Waals surface area contributed by atoms with Gasteiger partial charge in [-0.1, -0.05) is 6.07 Å². The van der Waals surface area contributed by atoms with Crippen LogP contribution in [0.1, 0.15) is 43.2 Å². The molecule has 3 aromatic rings. The molecule has 0 bridgehead atoms. The van der Waals surface area contributed by atoms with E-state index in [1.165, 1.54) is 18.2 Å². The Morgan fingerprint density at radius 2 is 1.61 bits per heavy atom. The Balaban J connectivity index is 2.05. The van der Waals surface area contributed by atoms with Crippen LogP contribution in [-0.4, -0.2) is 37.9 Å². The summed E-state index contributed by atoms with van der Waals surface area (Å²) in [6, 6.07) is 10.4. The first-order chi connectivity index (χ1) is 14.6. The van der Waals surface area contributed by atoms with Gasteiger partial charge in [0, 0.05) is 40.5 Å². The molecule has 0 fully saturated rings. The van der Waals surface area contributed by atoms with Gasteiger partial charge in [-0.3, -0.25) is 15.1 Å². The van der Waals surface area contributed by atoms with Gasteiger partial charge in [0.05, 0.1) is 21.7 Å². The predicted octanol–water partition coefficient (Wildman–Crippen LogP) is 4.46. The van der Waals surface area contributed by atoms with E-state index in [0.717, 1.165) is 11.8 Å². The summed E-state index contributed by atoms with van der Waals surface area (Å²) in [5.41, 5.74) is 3.23. The summed E-state index contributed by atoms with van der Waals surface area (Å²) in [6.45, 7) is 5.24. The number of carboxylic acids is 2. The summed E-state index contributed by atoms with van der Waals surface area (Å²) in [7, 11) is 0. The molecule has 0 aliphatic carbocycles. The number of aryl methyl sites for hydroxylation is 2. The minimum Gasteiger partial charge on any atom is -0.478 e. The van der Waals surface area contributed by atoms with Gasteiger partial charge in [-0.2, -0.15) is 0 Å². The first kappa shape index (κ1) is 21.4. The lowest BCUT2D eigenvalue weighted by molar-refractivity contribution is -0.385. The molecule has 31 heavy (non-hydrogen) atoms. The van der Waals surface area contributed by atoms with Crippen molar-refractivity contribution in [1.82, 2.24) is 4.57 Å². The fraction of sp³-hybridized carbons (Fsp3) is 0.136. The molecule has 1 heterocycles. The summed E-state index contributed by atoms with van der Waals surface area (Å²) in [5, 5.41) is 29.8. The van der Waals surface area contributed by atoms with Gasteiger partial charge in [-0.25, -0.2) is 9.59 Å². The van der Waals surface area contributed by atoms with Crippen LogP contribution in [0.15, 0.2) is 47.5 Å². The van der Waals surface area contributed by atoms with Crippen LogP contribution in [0.25, 0.3) is 5.69 Å². The van der Waals surface area contributed by atoms with Gasteiger partial charge in [0.2, 0.25) is 0 Å². The van der Waals surface area contributed by atoms with E-state index in [1.807, 2.05) is 6.07 Å². The van der Waals surface area contributed by atoms with E-state index in [9.17, 15) is 29.9 Å². The molecule has 0 unspecified atom stereocenters. The Hall–Kier alpha value is -4.27. The minimum atomic E-state index is -1.23. The summed E-state index contributed by atoms with van der Waals surface area (Å²) >= 11 is 0. The highest BCUT2D eigenvalue weighted by molar-refractivity contribution is 5.95. The largest absolute Gasteiger partial charge is 0.478 e. The van der Waals surface area contributed by atoms with E-state index >= 15 is 0 Å². The molecule has 0 aliphatic heterocycles. The number of aromatic carboxylic acids is 2. The molecule has 0 amide bonds. The molecule has 158 valence electrons. The van der Waals surface area contributed by atoms with Crippen molar-refractivity contribution in [3.63, 3.8) is 0 Å². The van der Waals surface area contributed by atoms with Gasteiger partial charge in [-0.05, 0) is 51.1 Å². The van der Waals surface area contributed by atoms with E-state index in [0.29, 0.717) is 28.2 Å². The zero-order chi connectivity index (χ0) is 22.9. The Morgan fingerprint density at radius 3 is 2.16 bits per heavy atom. The number of nitro benzene ring substituents is 1. The van der Waals surface area contributed by atoms with Crippen molar-refractivity contribution in [2.45, 2.75) is 20.8 Å². The SMILES string of the molecule is Cc1ccc(N=Cc2cc(C)n(-c3cc(C(=O)O)cc(C(=O)O)c3)c2C)cc1[N+](=O)[O-]. The van der Waals surface area contributed by atoms with Crippen LogP contribution in [-0.2, 0) is 0 Å². The maximum Gasteiger partial charge on any atom is 0.335 e. The Bertz CT molecular complexity index is 1220. The number of rotatable bonds is 6. The van der Waals surface area contributed by atoms with Gasteiger partial charge in [0.15, 0.2) is 0 Å². The first-order valence-electron chi connectivity index (χ1n) is 9.18. The molecule has 0 saturated heterocycles. The number of nitrogens with zero attached hydrogens (tertiary/aromatic N) is 3. The van der Waals surface area contributed by atoms with E-state index < -0.39 is 16.9 Å². The van der Waals surface area contributed by atoms with Crippen LogP contribution < -0.4 is 0 Å². The lowest BCUT2D eigenvalue weighted by Gasteiger charge is -2.12.